The van der Waals surface area contributed by atoms with Crippen molar-refractivity contribution in [2.24, 2.45) is 5.92 Å². The highest BCUT2D eigenvalue weighted by Crippen LogP contribution is 2.27. The van der Waals surface area contributed by atoms with E-state index in [2.05, 4.69) is 6.92 Å². The normalized spacial score (nSPS) is 32.2. The number of esters is 2. The Morgan fingerprint density at radius 1 is 1.25 bits per heavy atom. The number of rotatable bonds is 5. The van der Waals surface area contributed by atoms with Gasteiger partial charge in [-0.05, 0) is 45.4 Å². The van der Waals surface area contributed by atoms with Crippen LogP contribution in [-0.4, -0.2) is 36.9 Å². The predicted octanol–water partition coefficient (Wildman–Crippen LogP) is 3.78. The molecule has 0 N–H and O–H groups in total. The van der Waals surface area contributed by atoms with Gasteiger partial charge in [0.25, 0.3) is 0 Å². The largest absolute Gasteiger partial charge is 0.462 e. The molecule has 5 heteroatoms. The van der Waals surface area contributed by atoms with Crippen molar-refractivity contribution >= 4 is 11.9 Å². The number of cyclic esters (lactones) is 1. The molecular formula is C19H32O5. The summed E-state index contributed by atoms with van der Waals surface area (Å²) >= 11 is 0. The van der Waals surface area contributed by atoms with Crippen LogP contribution in [-0.2, 0) is 23.8 Å². The Kier molecular flexibility index (Phi) is 7.53. The van der Waals surface area contributed by atoms with Gasteiger partial charge in [-0.15, -0.1) is 0 Å². The quantitative estimate of drug-likeness (QED) is 0.713. The van der Waals surface area contributed by atoms with Crippen LogP contribution in [0.4, 0.5) is 0 Å². The second kappa shape index (κ2) is 9.40. The van der Waals surface area contributed by atoms with E-state index >= 15 is 0 Å². The summed E-state index contributed by atoms with van der Waals surface area (Å²) in [5, 5.41) is 0. The third-order valence-electron chi connectivity index (χ3n) is 5.16. The summed E-state index contributed by atoms with van der Waals surface area (Å²) in [5.74, 6) is -0.505. The van der Waals surface area contributed by atoms with Gasteiger partial charge in [0.2, 0.25) is 0 Å². The number of carbonyl (C=O) groups excluding carboxylic acids is 2. The van der Waals surface area contributed by atoms with E-state index in [0.717, 1.165) is 51.4 Å². The molecule has 0 radical (unpaired) electrons. The fourth-order valence-corrected chi connectivity index (χ4v) is 3.41. The van der Waals surface area contributed by atoms with Crippen LogP contribution < -0.4 is 0 Å². The van der Waals surface area contributed by atoms with E-state index in [0.29, 0.717) is 19.4 Å². The third kappa shape index (κ3) is 5.47. The molecular weight excluding hydrogens is 308 g/mol. The zero-order valence-corrected chi connectivity index (χ0v) is 15.2. The van der Waals surface area contributed by atoms with E-state index < -0.39 is 5.60 Å². The highest BCUT2D eigenvalue weighted by Gasteiger charge is 2.38. The lowest BCUT2D eigenvalue weighted by atomic mass is 9.95. The maximum atomic E-state index is 12.6. The zero-order chi connectivity index (χ0) is 17.4. The van der Waals surface area contributed by atoms with Gasteiger partial charge >= 0.3 is 11.9 Å². The molecule has 2 rings (SSSR count). The van der Waals surface area contributed by atoms with Crippen molar-refractivity contribution in [2.45, 2.75) is 89.8 Å². The molecule has 0 saturated carbocycles. The molecule has 5 nitrogen and oxygen atoms in total. The molecule has 3 unspecified atom stereocenters. The maximum absolute atomic E-state index is 12.6. The Bertz CT molecular complexity index is 412. The molecule has 0 spiro atoms. The van der Waals surface area contributed by atoms with Gasteiger partial charge in [-0.1, -0.05) is 32.6 Å². The van der Waals surface area contributed by atoms with Gasteiger partial charge in [0.15, 0.2) is 5.60 Å². The fraction of sp³-hybridized carbons (Fsp3) is 0.895. The summed E-state index contributed by atoms with van der Waals surface area (Å²) in [6, 6.07) is 0. The predicted molar refractivity (Wildman–Crippen MR) is 90.5 cm³/mol. The van der Waals surface area contributed by atoms with Gasteiger partial charge < -0.3 is 14.2 Å². The molecule has 0 aromatic heterocycles. The average Bonchev–Trinajstić information content (AvgIpc) is 2.71. The minimum Gasteiger partial charge on any atom is -0.462 e. The highest BCUT2D eigenvalue weighted by molar-refractivity contribution is 5.79. The second-order valence-electron chi connectivity index (χ2n) is 7.32. The smallest absolute Gasteiger partial charge is 0.338 e. The molecule has 3 atom stereocenters. The van der Waals surface area contributed by atoms with Gasteiger partial charge in [0, 0.05) is 6.61 Å². The first-order chi connectivity index (χ1) is 11.5. The molecule has 2 fully saturated rings. The van der Waals surface area contributed by atoms with Crippen LogP contribution in [0.15, 0.2) is 0 Å². The molecule has 2 aliphatic heterocycles. The van der Waals surface area contributed by atoms with E-state index in [9.17, 15) is 9.59 Å². The van der Waals surface area contributed by atoms with Crippen molar-refractivity contribution in [3.8, 4) is 0 Å². The van der Waals surface area contributed by atoms with E-state index in [1.165, 1.54) is 0 Å². The van der Waals surface area contributed by atoms with Crippen molar-refractivity contribution in [3.63, 3.8) is 0 Å². The molecule has 24 heavy (non-hydrogen) atoms. The van der Waals surface area contributed by atoms with Crippen LogP contribution in [0.25, 0.3) is 0 Å². The SMILES string of the molecule is CCCCC1CCC(OC(=O)C2(C)CCCCCCO2)COC1=O. The molecule has 0 amide bonds. The fourth-order valence-electron chi connectivity index (χ4n) is 3.41. The summed E-state index contributed by atoms with van der Waals surface area (Å²) in [4.78, 5) is 24.6. The first-order valence-corrected chi connectivity index (χ1v) is 9.57. The first-order valence-electron chi connectivity index (χ1n) is 9.57. The summed E-state index contributed by atoms with van der Waals surface area (Å²) in [6.07, 6.45) is 8.96. The Morgan fingerprint density at radius 2 is 2.04 bits per heavy atom. The molecule has 2 heterocycles. The topological polar surface area (TPSA) is 61.8 Å². The minimum absolute atomic E-state index is 0.0538. The van der Waals surface area contributed by atoms with Gasteiger partial charge in [0.05, 0.1) is 5.92 Å². The molecule has 138 valence electrons. The average molecular weight is 340 g/mol. The van der Waals surface area contributed by atoms with Crippen LogP contribution in [0.5, 0.6) is 0 Å². The molecule has 0 aromatic carbocycles. The number of hydrogen-bond donors (Lipinski definition) is 0. The lowest BCUT2D eigenvalue weighted by Gasteiger charge is -2.31. The van der Waals surface area contributed by atoms with Gasteiger partial charge in [-0.25, -0.2) is 4.79 Å². The van der Waals surface area contributed by atoms with Crippen molar-refractivity contribution < 1.29 is 23.8 Å². The van der Waals surface area contributed by atoms with E-state index in [-0.39, 0.29) is 30.6 Å². The Morgan fingerprint density at radius 3 is 2.83 bits per heavy atom. The van der Waals surface area contributed by atoms with Crippen molar-refractivity contribution in [3.05, 3.63) is 0 Å². The highest BCUT2D eigenvalue weighted by atomic mass is 16.6. The van der Waals surface area contributed by atoms with Gasteiger partial charge in [-0.2, -0.15) is 0 Å². The molecule has 0 bridgehead atoms. The van der Waals surface area contributed by atoms with E-state index in [1.54, 1.807) is 0 Å². The first kappa shape index (κ1) is 19.2. The Hall–Kier alpha value is -1.10. The van der Waals surface area contributed by atoms with E-state index in [4.69, 9.17) is 14.2 Å². The lowest BCUT2D eigenvalue weighted by molar-refractivity contribution is -0.181. The van der Waals surface area contributed by atoms with E-state index in [1.807, 2.05) is 6.92 Å². The van der Waals surface area contributed by atoms with Crippen molar-refractivity contribution in [2.75, 3.05) is 13.2 Å². The summed E-state index contributed by atoms with van der Waals surface area (Å²) in [5.41, 5.74) is -0.863. The number of hydrogen-bond acceptors (Lipinski definition) is 5. The molecule has 2 aliphatic rings. The summed E-state index contributed by atoms with van der Waals surface area (Å²) in [6.45, 7) is 4.71. The second-order valence-corrected chi connectivity index (χ2v) is 7.32. The van der Waals surface area contributed by atoms with Crippen LogP contribution in [0, 0.1) is 5.92 Å². The van der Waals surface area contributed by atoms with Crippen LogP contribution >= 0.6 is 0 Å². The molecule has 2 saturated heterocycles. The third-order valence-corrected chi connectivity index (χ3v) is 5.16. The standard InChI is InChI=1S/C19H32O5/c1-3-4-9-15-10-11-16(14-22-17(15)20)24-18(21)19(2)12-7-5-6-8-13-23-19/h15-16H,3-14H2,1-2H3. The van der Waals surface area contributed by atoms with Crippen LogP contribution in [0.1, 0.15) is 78.1 Å². The van der Waals surface area contributed by atoms with Crippen LogP contribution in [0.3, 0.4) is 0 Å². The monoisotopic (exact) mass is 340 g/mol. The Balaban J connectivity index is 1.87. The lowest BCUT2D eigenvalue weighted by Crippen LogP contribution is -2.43. The number of ether oxygens (including phenoxy) is 3. The zero-order valence-electron chi connectivity index (χ0n) is 15.2. The molecule has 0 aliphatic carbocycles. The number of unbranched alkanes of at least 4 members (excludes halogenated alkanes) is 1. The Labute approximate surface area is 145 Å². The summed E-state index contributed by atoms with van der Waals surface area (Å²) in [7, 11) is 0. The summed E-state index contributed by atoms with van der Waals surface area (Å²) < 4.78 is 16.8. The van der Waals surface area contributed by atoms with Gasteiger partial charge in [0.1, 0.15) is 12.7 Å². The van der Waals surface area contributed by atoms with Crippen LogP contribution in [0.2, 0.25) is 0 Å². The van der Waals surface area contributed by atoms with Crippen molar-refractivity contribution in [1.82, 2.24) is 0 Å². The molecule has 0 aromatic rings. The number of carbonyl (C=O) groups is 2. The maximum Gasteiger partial charge on any atom is 0.338 e. The van der Waals surface area contributed by atoms with Gasteiger partial charge in [-0.3, -0.25) is 4.79 Å². The minimum atomic E-state index is -0.863. The van der Waals surface area contributed by atoms with Crippen molar-refractivity contribution in [1.29, 1.82) is 0 Å².